The van der Waals surface area contributed by atoms with Crippen LogP contribution in [0, 0.1) is 17.1 Å². The summed E-state index contributed by atoms with van der Waals surface area (Å²) < 4.78 is 12.6. The highest BCUT2D eigenvalue weighted by atomic mass is 19.1. The number of benzene rings is 1. The zero-order chi connectivity index (χ0) is 8.43. The van der Waals surface area contributed by atoms with Crippen molar-refractivity contribution in [2.24, 2.45) is 0 Å². The number of nitrogen functional groups attached to an aromatic ring is 1. The number of halogens is 1. The fourth-order valence-electron chi connectivity index (χ4n) is 0.665. The molecule has 0 heterocycles. The zero-order valence-corrected chi connectivity index (χ0v) is 5.50. The number of phenolic OH excluding ortho intramolecular Hbond substituents is 1. The smallest absolute Gasteiger partial charge is 0.144 e. The molecule has 0 aromatic heterocycles. The van der Waals surface area contributed by atoms with Crippen LogP contribution in [0.3, 0.4) is 0 Å². The van der Waals surface area contributed by atoms with E-state index in [2.05, 4.69) is 0 Å². The van der Waals surface area contributed by atoms with E-state index in [9.17, 15) is 4.39 Å². The van der Waals surface area contributed by atoms with E-state index >= 15 is 0 Å². The highest BCUT2D eigenvalue weighted by Crippen LogP contribution is 2.22. The van der Waals surface area contributed by atoms with Crippen LogP contribution >= 0.6 is 0 Å². The number of anilines is 1. The lowest BCUT2D eigenvalue weighted by Gasteiger charge is -1.98. The summed E-state index contributed by atoms with van der Waals surface area (Å²) >= 11 is 0. The molecule has 0 saturated heterocycles. The van der Waals surface area contributed by atoms with Gasteiger partial charge in [0.05, 0.1) is 11.3 Å². The SMILES string of the molecule is N#Cc1cc(N)c(O)cc1F. The maximum atomic E-state index is 12.6. The molecule has 1 rings (SSSR count). The van der Waals surface area contributed by atoms with Crippen LogP contribution < -0.4 is 5.73 Å². The molecule has 0 aliphatic rings. The van der Waals surface area contributed by atoms with Crippen molar-refractivity contribution >= 4 is 5.69 Å². The molecule has 3 N–H and O–H groups in total. The Morgan fingerprint density at radius 1 is 1.55 bits per heavy atom. The summed E-state index contributed by atoms with van der Waals surface area (Å²) in [6.07, 6.45) is 0. The average Bonchev–Trinajstić information content (AvgIpc) is 1.97. The molecular formula is C7H5FN2O. The first-order valence-corrected chi connectivity index (χ1v) is 2.83. The van der Waals surface area contributed by atoms with Gasteiger partial charge >= 0.3 is 0 Å². The van der Waals surface area contributed by atoms with E-state index in [4.69, 9.17) is 16.1 Å². The van der Waals surface area contributed by atoms with Gasteiger partial charge in [-0.15, -0.1) is 0 Å². The van der Waals surface area contributed by atoms with Crippen molar-refractivity contribution in [2.45, 2.75) is 0 Å². The predicted octanol–water partition coefficient (Wildman–Crippen LogP) is 0.985. The Morgan fingerprint density at radius 3 is 2.73 bits per heavy atom. The molecule has 0 unspecified atom stereocenters. The minimum absolute atomic E-state index is 0.00273. The summed E-state index contributed by atoms with van der Waals surface area (Å²) in [4.78, 5) is 0. The molecule has 0 bridgehead atoms. The topological polar surface area (TPSA) is 70.0 Å². The number of hydrogen-bond donors (Lipinski definition) is 2. The molecule has 4 heteroatoms. The minimum Gasteiger partial charge on any atom is -0.506 e. The van der Waals surface area contributed by atoms with Gasteiger partial charge < -0.3 is 10.8 Å². The number of hydrogen-bond acceptors (Lipinski definition) is 3. The summed E-state index contributed by atoms with van der Waals surface area (Å²) in [5.41, 5.74) is 5.03. The average molecular weight is 152 g/mol. The molecule has 1 aromatic rings. The number of rotatable bonds is 0. The maximum Gasteiger partial charge on any atom is 0.144 e. The summed E-state index contributed by atoms with van der Waals surface area (Å²) in [5.74, 6) is -1.11. The van der Waals surface area contributed by atoms with Gasteiger partial charge in [0, 0.05) is 6.07 Å². The number of aromatic hydroxyl groups is 1. The minimum atomic E-state index is -0.765. The molecule has 0 saturated carbocycles. The fraction of sp³-hybridized carbons (Fsp3) is 0. The standard InChI is InChI=1S/C7H5FN2O/c8-5-2-7(11)6(10)1-4(5)3-9/h1-2,11H,10H2. The predicted molar refractivity (Wildman–Crippen MR) is 37.2 cm³/mol. The van der Waals surface area contributed by atoms with Crippen LogP contribution in [0.5, 0.6) is 5.75 Å². The van der Waals surface area contributed by atoms with E-state index < -0.39 is 5.82 Å². The normalized spacial score (nSPS) is 9.09. The molecule has 0 aliphatic heterocycles. The molecule has 3 nitrogen and oxygen atoms in total. The van der Waals surface area contributed by atoms with Gasteiger partial charge in [0.15, 0.2) is 0 Å². The van der Waals surface area contributed by atoms with Crippen molar-refractivity contribution in [3.63, 3.8) is 0 Å². The van der Waals surface area contributed by atoms with Crippen molar-refractivity contribution in [3.8, 4) is 11.8 Å². The Bertz CT molecular complexity index is 330. The maximum absolute atomic E-state index is 12.6. The Labute approximate surface area is 62.5 Å². The van der Waals surface area contributed by atoms with Crippen LogP contribution in [-0.2, 0) is 0 Å². The van der Waals surface area contributed by atoms with Crippen molar-refractivity contribution in [2.75, 3.05) is 5.73 Å². The number of nitrogens with two attached hydrogens (primary N) is 1. The lowest BCUT2D eigenvalue weighted by atomic mass is 10.2. The molecule has 0 aliphatic carbocycles. The first-order valence-electron chi connectivity index (χ1n) is 2.83. The summed E-state index contributed by atoms with van der Waals surface area (Å²) in [7, 11) is 0. The van der Waals surface area contributed by atoms with E-state index in [1.807, 2.05) is 0 Å². The van der Waals surface area contributed by atoms with Gasteiger partial charge in [-0.25, -0.2) is 4.39 Å². The largest absolute Gasteiger partial charge is 0.506 e. The third kappa shape index (κ3) is 1.22. The second-order valence-electron chi connectivity index (χ2n) is 2.00. The Balaban J connectivity index is 3.35. The van der Waals surface area contributed by atoms with E-state index in [0.29, 0.717) is 0 Å². The first-order chi connectivity index (χ1) is 5.15. The molecular weight excluding hydrogens is 147 g/mol. The van der Waals surface area contributed by atoms with E-state index in [-0.39, 0.29) is 17.0 Å². The molecule has 56 valence electrons. The summed E-state index contributed by atoms with van der Waals surface area (Å²) in [6.45, 7) is 0. The summed E-state index contributed by atoms with van der Waals surface area (Å²) in [5, 5.41) is 17.2. The first kappa shape index (κ1) is 7.35. The quantitative estimate of drug-likeness (QED) is 0.430. The lowest BCUT2D eigenvalue weighted by Crippen LogP contribution is -1.90. The van der Waals surface area contributed by atoms with Crippen LogP contribution in [0.4, 0.5) is 10.1 Å². The zero-order valence-electron chi connectivity index (χ0n) is 5.50. The lowest BCUT2D eigenvalue weighted by molar-refractivity contribution is 0.471. The van der Waals surface area contributed by atoms with Gasteiger partial charge in [-0.05, 0) is 6.07 Å². The summed E-state index contributed by atoms with van der Waals surface area (Å²) in [6, 6.07) is 3.50. The molecule has 11 heavy (non-hydrogen) atoms. The van der Waals surface area contributed by atoms with E-state index in [1.54, 1.807) is 6.07 Å². The number of nitriles is 1. The molecule has 0 radical (unpaired) electrons. The van der Waals surface area contributed by atoms with Crippen molar-refractivity contribution in [1.82, 2.24) is 0 Å². The third-order valence-electron chi connectivity index (χ3n) is 1.24. The Morgan fingerprint density at radius 2 is 2.18 bits per heavy atom. The second kappa shape index (κ2) is 2.46. The monoisotopic (exact) mass is 152 g/mol. The molecule has 0 fully saturated rings. The highest BCUT2D eigenvalue weighted by molar-refractivity contribution is 5.56. The van der Waals surface area contributed by atoms with Gasteiger partial charge in [-0.1, -0.05) is 0 Å². The molecule has 1 aromatic carbocycles. The third-order valence-corrected chi connectivity index (χ3v) is 1.24. The van der Waals surface area contributed by atoms with E-state index in [0.717, 1.165) is 12.1 Å². The molecule has 0 spiro atoms. The van der Waals surface area contributed by atoms with Gasteiger partial charge in [0.2, 0.25) is 0 Å². The fourth-order valence-corrected chi connectivity index (χ4v) is 0.665. The van der Waals surface area contributed by atoms with E-state index in [1.165, 1.54) is 0 Å². The Kier molecular flexibility index (Phi) is 1.65. The molecule has 0 amide bonds. The van der Waals surface area contributed by atoms with Crippen LogP contribution in [0.2, 0.25) is 0 Å². The van der Waals surface area contributed by atoms with Crippen molar-refractivity contribution in [1.29, 1.82) is 5.26 Å². The van der Waals surface area contributed by atoms with Gasteiger partial charge in [-0.2, -0.15) is 5.26 Å². The highest BCUT2D eigenvalue weighted by Gasteiger charge is 2.05. The van der Waals surface area contributed by atoms with Crippen molar-refractivity contribution < 1.29 is 9.50 Å². The Hall–Kier alpha value is -1.76. The van der Waals surface area contributed by atoms with Crippen LogP contribution in [-0.4, -0.2) is 5.11 Å². The van der Waals surface area contributed by atoms with Gasteiger partial charge in [0.25, 0.3) is 0 Å². The number of nitrogens with zero attached hydrogens (tertiary/aromatic N) is 1. The van der Waals surface area contributed by atoms with Gasteiger partial charge in [-0.3, -0.25) is 0 Å². The van der Waals surface area contributed by atoms with Crippen LogP contribution in [0.1, 0.15) is 5.56 Å². The molecule has 0 atom stereocenters. The second-order valence-corrected chi connectivity index (χ2v) is 2.00. The number of phenols is 1. The van der Waals surface area contributed by atoms with Crippen molar-refractivity contribution in [3.05, 3.63) is 23.5 Å². The van der Waals surface area contributed by atoms with Crippen LogP contribution in [0.15, 0.2) is 12.1 Å². The van der Waals surface area contributed by atoms with Crippen LogP contribution in [0.25, 0.3) is 0 Å². The van der Waals surface area contributed by atoms with Gasteiger partial charge in [0.1, 0.15) is 17.6 Å².